The lowest BCUT2D eigenvalue weighted by molar-refractivity contribution is 0.931. The van der Waals surface area contributed by atoms with Gasteiger partial charge in [0.2, 0.25) is 0 Å². The van der Waals surface area contributed by atoms with Gasteiger partial charge in [0, 0.05) is 19.2 Å². The van der Waals surface area contributed by atoms with Crippen LogP contribution in [0.2, 0.25) is 0 Å². The Hall–Kier alpha value is -0.720. The van der Waals surface area contributed by atoms with Gasteiger partial charge in [0.25, 0.3) is 0 Å². The van der Waals surface area contributed by atoms with Crippen molar-refractivity contribution in [1.29, 1.82) is 0 Å². The Bertz CT molecular complexity index is 123. The van der Waals surface area contributed by atoms with Gasteiger partial charge in [0.05, 0.1) is 0 Å². The Morgan fingerprint density at radius 2 is 2.10 bits per heavy atom. The van der Waals surface area contributed by atoms with Gasteiger partial charge in [0.15, 0.2) is 0 Å². The molecule has 0 aliphatic carbocycles. The van der Waals surface area contributed by atoms with E-state index in [2.05, 4.69) is 30.5 Å². The number of rotatable bonds is 4. The molecule has 0 atom stereocenters. The normalized spacial score (nSPS) is 12.5. The third-order valence-corrected chi connectivity index (χ3v) is 1.41. The molecule has 0 aliphatic heterocycles. The van der Waals surface area contributed by atoms with Gasteiger partial charge in [-0.2, -0.15) is 0 Å². The van der Waals surface area contributed by atoms with Crippen LogP contribution in [0.15, 0.2) is 23.9 Å². The van der Waals surface area contributed by atoms with E-state index in [9.17, 15) is 0 Å². The number of nitrogens with one attached hydrogen (secondary N) is 1. The second-order valence-corrected chi connectivity index (χ2v) is 2.15. The van der Waals surface area contributed by atoms with Gasteiger partial charge in [-0.1, -0.05) is 25.2 Å². The molecule has 0 amide bonds. The van der Waals surface area contributed by atoms with Gasteiger partial charge in [-0.15, -0.1) is 0 Å². The van der Waals surface area contributed by atoms with Crippen molar-refractivity contribution in [2.45, 2.75) is 26.7 Å². The molecule has 0 heterocycles. The van der Waals surface area contributed by atoms with Crippen molar-refractivity contribution in [3.8, 4) is 0 Å². The third kappa shape index (κ3) is 4.19. The first-order valence-corrected chi connectivity index (χ1v) is 3.83. The fraction of sp³-hybridized carbons (Fsp3) is 0.556. The van der Waals surface area contributed by atoms with Gasteiger partial charge in [-0.3, -0.25) is 0 Å². The molecule has 1 heteroatoms. The molecule has 0 rings (SSSR count). The van der Waals surface area contributed by atoms with E-state index < -0.39 is 0 Å². The zero-order valence-corrected chi connectivity index (χ0v) is 7.15. The van der Waals surface area contributed by atoms with Crippen molar-refractivity contribution >= 4 is 0 Å². The summed E-state index contributed by atoms with van der Waals surface area (Å²) in [6, 6.07) is 0. The quantitative estimate of drug-likeness (QED) is 0.590. The van der Waals surface area contributed by atoms with Crippen LogP contribution in [-0.2, 0) is 0 Å². The average molecular weight is 139 g/mol. The first-order chi connectivity index (χ1) is 4.85. The maximum Gasteiger partial charge on any atom is 0.00990 e. The lowest BCUT2D eigenvalue weighted by atomic mass is 10.2. The molecule has 58 valence electrons. The Morgan fingerprint density at radius 1 is 1.40 bits per heavy atom. The molecule has 0 saturated heterocycles. The molecule has 1 N–H and O–H groups in total. The van der Waals surface area contributed by atoms with Crippen molar-refractivity contribution in [3.05, 3.63) is 23.9 Å². The van der Waals surface area contributed by atoms with Crippen LogP contribution in [0.25, 0.3) is 0 Å². The van der Waals surface area contributed by atoms with Gasteiger partial charge in [-0.05, 0) is 13.3 Å². The molecule has 0 aliphatic rings. The maximum absolute atomic E-state index is 3.12. The first kappa shape index (κ1) is 9.28. The Balaban J connectivity index is 3.55. The molecule has 0 saturated carbocycles. The van der Waals surface area contributed by atoms with Crippen LogP contribution in [0, 0.1) is 0 Å². The fourth-order valence-electron chi connectivity index (χ4n) is 0.741. The van der Waals surface area contributed by atoms with Crippen molar-refractivity contribution in [3.63, 3.8) is 0 Å². The molecule has 0 fully saturated rings. The van der Waals surface area contributed by atoms with Gasteiger partial charge < -0.3 is 5.32 Å². The first-order valence-electron chi connectivity index (χ1n) is 3.83. The summed E-state index contributed by atoms with van der Waals surface area (Å²) < 4.78 is 0. The van der Waals surface area contributed by atoms with Crippen molar-refractivity contribution in [2.24, 2.45) is 0 Å². The largest absolute Gasteiger partial charge is 0.391 e. The van der Waals surface area contributed by atoms with E-state index in [4.69, 9.17) is 0 Å². The fourth-order valence-corrected chi connectivity index (χ4v) is 0.741. The smallest absolute Gasteiger partial charge is 0.00990 e. The van der Waals surface area contributed by atoms with Crippen LogP contribution in [0.5, 0.6) is 0 Å². The predicted octanol–water partition coefficient (Wildman–Crippen LogP) is 2.47. The molecule has 0 aromatic rings. The highest BCUT2D eigenvalue weighted by Crippen LogP contribution is 1.96. The van der Waals surface area contributed by atoms with Crippen molar-refractivity contribution in [2.75, 3.05) is 7.05 Å². The van der Waals surface area contributed by atoms with E-state index in [0.29, 0.717) is 0 Å². The zero-order chi connectivity index (χ0) is 7.82. The standard InChI is InChI=1S/C9H17N/c1-4-6-7-8-9(5-2)10-3/h5-7,10H,4,8H2,1-3H3/b7-6-,9-5+. The summed E-state index contributed by atoms with van der Waals surface area (Å²) in [4.78, 5) is 0. The minimum absolute atomic E-state index is 1.03. The summed E-state index contributed by atoms with van der Waals surface area (Å²) in [5.41, 5.74) is 1.28. The number of allylic oxidation sites excluding steroid dienone is 3. The van der Waals surface area contributed by atoms with E-state index in [-0.39, 0.29) is 0 Å². The minimum Gasteiger partial charge on any atom is -0.391 e. The van der Waals surface area contributed by atoms with Crippen LogP contribution >= 0.6 is 0 Å². The van der Waals surface area contributed by atoms with E-state index in [1.807, 2.05) is 14.0 Å². The van der Waals surface area contributed by atoms with Crippen LogP contribution in [0.1, 0.15) is 26.7 Å². The second-order valence-electron chi connectivity index (χ2n) is 2.15. The lowest BCUT2D eigenvalue weighted by Crippen LogP contribution is -2.03. The third-order valence-electron chi connectivity index (χ3n) is 1.41. The molecule has 0 aromatic heterocycles. The van der Waals surface area contributed by atoms with E-state index >= 15 is 0 Å². The van der Waals surface area contributed by atoms with Gasteiger partial charge >= 0.3 is 0 Å². The highest BCUT2D eigenvalue weighted by molar-refractivity contribution is 5.03. The van der Waals surface area contributed by atoms with Gasteiger partial charge in [-0.25, -0.2) is 0 Å². The average Bonchev–Trinajstić information content (AvgIpc) is 1.99. The molecular formula is C9H17N. The van der Waals surface area contributed by atoms with Crippen LogP contribution < -0.4 is 5.32 Å². The van der Waals surface area contributed by atoms with E-state index in [0.717, 1.165) is 12.8 Å². The summed E-state index contributed by atoms with van der Waals surface area (Å²) in [7, 11) is 1.95. The minimum atomic E-state index is 1.03. The maximum atomic E-state index is 3.12. The van der Waals surface area contributed by atoms with Crippen LogP contribution in [-0.4, -0.2) is 7.05 Å². The predicted molar refractivity (Wildman–Crippen MR) is 46.9 cm³/mol. The molecule has 0 spiro atoms. The van der Waals surface area contributed by atoms with E-state index in [1.165, 1.54) is 5.70 Å². The highest BCUT2D eigenvalue weighted by atomic mass is 14.8. The van der Waals surface area contributed by atoms with E-state index in [1.54, 1.807) is 0 Å². The Labute approximate surface area is 63.8 Å². The van der Waals surface area contributed by atoms with Crippen molar-refractivity contribution in [1.82, 2.24) is 5.32 Å². The summed E-state index contributed by atoms with van der Waals surface area (Å²) in [5, 5.41) is 3.12. The molecule has 0 radical (unpaired) electrons. The van der Waals surface area contributed by atoms with Crippen LogP contribution in [0.4, 0.5) is 0 Å². The summed E-state index contributed by atoms with van der Waals surface area (Å²) in [6.45, 7) is 4.19. The molecular weight excluding hydrogens is 122 g/mol. The summed E-state index contributed by atoms with van der Waals surface area (Å²) in [6.07, 6.45) is 8.62. The van der Waals surface area contributed by atoms with Gasteiger partial charge in [0.1, 0.15) is 0 Å². The lowest BCUT2D eigenvalue weighted by Gasteiger charge is -2.00. The highest BCUT2D eigenvalue weighted by Gasteiger charge is 1.84. The monoisotopic (exact) mass is 139 g/mol. The van der Waals surface area contributed by atoms with Crippen LogP contribution in [0.3, 0.4) is 0 Å². The summed E-state index contributed by atoms with van der Waals surface area (Å²) in [5.74, 6) is 0. The number of hydrogen-bond acceptors (Lipinski definition) is 1. The molecule has 0 bridgehead atoms. The molecule has 0 aromatic carbocycles. The topological polar surface area (TPSA) is 12.0 Å². The molecule has 0 unspecified atom stereocenters. The van der Waals surface area contributed by atoms with Crippen molar-refractivity contribution < 1.29 is 0 Å². The number of hydrogen-bond donors (Lipinski definition) is 1. The summed E-state index contributed by atoms with van der Waals surface area (Å²) >= 11 is 0. The Kier molecular flexibility index (Phi) is 5.94. The zero-order valence-electron chi connectivity index (χ0n) is 7.15. The SMILES string of the molecule is C/C=C(\C/C=C\CC)NC. The second kappa shape index (κ2) is 6.40. The molecule has 10 heavy (non-hydrogen) atoms. The molecule has 1 nitrogen and oxygen atoms in total. The Morgan fingerprint density at radius 3 is 2.50 bits per heavy atom.